The number of benzene rings is 1. The van der Waals surface area contributed by atoms with Crippen molar-refractivity contribution < 1.29 is 22.5 Å². The molecule has 0 aliphatic heterocycles. The van der Waals surface area contributed by atoms with Crippen molar-refractivity contribution >= 4 is 17.1 Å². The van der Waals surface area contributed by atoms with Gasteiger partial charge in [-0.25, -0.2) is 0 Å². The first-order valence-corrected chi connectivity index (χ1v) is 6.71. The Morgan fingerprint density at radius 2 is 1.95 bits per heavy atom. The first-order chi connectivity index (χ1) is 8.61. The van der Waals surface area contributed by atoms with E-state index in [0.717, 1.165) is 0 Å². The summed E-state index contributed by atoms with van der Waals surface area (Å²) in [7, 11) is 3.07. The quantitative estimate of drug-likeness (QED) is 0.803. The molecule has 7 heteroatoms. The van der Waals surface area contributed by atoms with Gasteiger partial charge in [0.05, 0.1) is 0 Å². The molecule has 1 unspecified atom stereocenters. The standard InChI is InChI=1S/C12H14F3NO2S/c1-8-4-5-9(11(17)16(2)3)6-10(8)19(18)7-12(13,14)15/h4-6H,7H2,1-3H3. The van der Waals surface area contributed by atoms with Crippen LogP contribution in [-0.4, -0.2) is 41.4 Å². The van der Waals surface area contributed by atoms with Crippen LogP contribution in [0, 0.1) is 6.92 Å². The molecule has 0 fully saturated rings. The van der Waals surface area contributed by atoms with Gasteiger partial charge in [-0.05, 0) is 24.2 Å². The van der Waals surface area contributed by atoms with Crippen LogP contribution in [0.1, 0.15) is 15.9 Å². The fraction of sp³-hybridized carbons (Fsp3) is 0.417. The average Bonchev–Trinajstić information content (AvgIpc) is 2.26. The summed E-state index contributed by atoms with van der Waals surface area (Å²) in [6, 6.07) is 4.27. The van der Waals surface area contributed by atoms with E-state index in [0.29, 0.717) is 5.56 Å². The summed E-state index contributed by atoms with van der Waals surface area (Å²) in [4.78, 5) is 13.1. The third-order valence-corrected chi connectivity index (χ3v) is 3.90. The zero-order valence-electron chi connectivity index (χ0n) is 10.7. The summed E-state index contributed by atoms with van der Waals surface area (Å²) < 4.78 is 48.4. The lowest BCUT2D eigenvalue weighted by molar-refractivity contribution is -0.106. The maximum atomic E-state index is 12.2. The minimum Gasteiger partial charge on any atom is -0.611 e. The number of carbonyl (C=O) groups excluding carboxylic acids is 1. The predicted octanol–water partition coefficient (Wildman–Crippen LogP) is 2.37. The maximum absolute atomic E-state index is 12.2. The van der Waals surface area contributed by atoms with Gasteiger partial charge in [-0.3, -0.25) is 4.79 Å². The number of aryl methyl sites for hydroxylation is 1. The van der Waals surface area contributed by atoms with E-state index in [9.17, 15) is 22.5 Å². The molecule has 3 nitrogen and oxygen atoms in total. The number of amides is 1. The van der Waals surface area contributed by atoms with Crippen molar-refractivity contribution in [3.63, 3.8) is 0 Å². The van der Waals surface area contributed by atoms with Crippen molar-refractivity contribution in [2.24, 2.45) is 0 Å². The number of nitrogens with zero attached hydrogens (tertiary/aromatic N) is 1. The van der Waals surface area contributed by atoms with E-state index >= 15 is 0 Å². The van der Waals surface area contributed by atoms with Crippen molar-refractivity contribution in [1.82, 2.24) is 4.90 Å². The van der Waals surface area contributed by atoms with E-state index in [2.05, 4.69) is 0 Å². The fourth-order valence-corrected chi connectivity index (χ4v) is 2.60. The summed E-state index contributed by atoms with van der Waals surface area (Å²) in [5.74, 6) is -1.75. The third-order valence-electron chi connectivity index (χ3n) is 2.38. The Morgan fingerprint density at radius 1 is 1.37 bits per heavy atom. The highest BCUT2D eigenvalue weighted by Gasteiger charge is 2.36. The molecule has 0 saturated carbocycles. The molecule has 19 heavy (non-hydrogen) atoms. The molecule has 0 aliphatic carbocycles. The van der Waals surface area contributed by atoms with E-state index < -0.39 is 23.1 Å². The lowest BCUT2D eigenvalue weighted by Gasteiger charge is -2.16. The van der Waals surface area contributed by atoms with E-state index in [1.807, 2.05) is 0 Å². The van der Waals surface area contributed by atoms with Crippen molar-refractivity contribution in [2.75, 3.05) is 19.8 Å². The highest BCUT2D eigenvalue weighted by molar-refractivity contribution is 7.91. The topological polar surface area (TPSA) is 43.4 Å². The Hall–Kier alpha value is -1.21. The Kier molecular flexibility index (Phi) is 4.86. The summed E-state index contributed by atoms with van der Waals surface area (Å²) in [5.41, 5.74) is 0.694. The molecule has 0 bridgehead atoms. The number of rotatable bonds is 3. The molecule has 0 heterocycles. The van der Waals surface area contributed by atoms with E-state index in [1.54, 1.807) is 6.92 Å². The van der Waals surface area contributed by atoms with Gasteiger partial charge in [0.15, 0.2) is 4.90 Å². The van der Waals surface area contributed by atoms with Crippen molar-refractivity contribution in [3.8, 4) is 0 Å². The molecule has 1 aromatic rings. The molecular formula is C12H14F3NO2S. The van der Waals surface area contributed by atoms with Crippen LogP contribution in [-0.2, 0) is 11.2 Å². The summed E-state index contributed by atoms with van der Waals surface area (Å²) in [6.07, 6.45) is -4.50. The highest BCUT2D eigenvalue weighted by atomic mass is 32.2. The zero-order valence-corrected chi connectivity index (χ0v) is 11.6. The van der Waals surface area contributed by atoms with Gasteiger partial charge in [-0.15, -0.1) is 0 Å². The van der Waals surface area contributed by atoms with Crippen LogP contribution in [0.25, 0.3) is 0 Å². The minimum atomic E-state index is -4.50. The molecular weight excluding hydrogens is 279 g/mol. The smallest absolute Gasteiger partial charge is 0.433 e. The first kappa shape index (κ1) is 15.8. The molecule has 0 N–H and O–H groups in total. The average molecular weight is 293 g/mol. The van der Waals surface area contributed by atoms with Crippen molar-refractivity contribution in [2.45, 2.75) is 18.0 Å². The SMILES string of the molecule is Cc1ccc(C(=O)N(C)C)cc1[S+]([O-])CC(F)(F)F. The van der Waals surface area contributed by atoms with Gasteiger partial charge in [0, 0.05) is 31.3 Å². The zero-order chi connectivity index (χ0) is 14.8. The second-order valence-corrected chi connectivity index (χ2v) is 5.70. The van der Waals surface area contributed by atoms with Crippen LogP contribution in [0.4, 0.5) is 13.2 Å². The Bertz CT molecular complexity index is 475. The lowest BCUT2D eigenvalue weighted by Crippen LogP contribution is -2.25. The molecule has 0 radical (unpaired) electrons. The van der Waals surface area contributed by atoms with Gasteiger partial charge in [-0.2, -0.15) is 13.2 Å². The molecule has 0 aliphatic rings. The molecule has 0 spiro atoms. The van der Waals surface area contributed by atoms with Gasteiger partial charge in [-0.1, -0.05) is 6.07 Å². The molecule has 1 rings (SSSR count). The number of halogens is 3. The molecule has 0 aromatic heterocycles. The van der Waals surface area contributed by atoms with E-state index in [1.165, 1.54) is 37.2 Å². The number of hydrogen-bond acceptors (Lipinski definition) is 2. The van der Waals surface area contributed by atoms with Gasteiger partial charge in [0.25, 0.3) is 5.91 Å². The number of carbonyl (C=O) groups is 1. The Morgan fingerprint density at radius 3 is 2.42 bits per heavy atom. The van der Waals surface area contributed by atoms with Gasteiger partial charge in [0.1, 0.15) is 0 Å². The molecule has 1 atom stereocenters. The normalized spacial score (nSPS) is 13.2. The highest BCUT2D eigenvalue weighted by Crippen LogP contribution is 2.25. The molecule has 1 amide bonds. The minimum absolute atomic E-state index is 0.0463. The summed E-state index contributed by atoms with van der Waals surface area (Å²) in [5, 5.41) is 0. The van der Waals surface area contributed by atoms with Gasteiger partial charge in [0.2, 0.25) is 5.75 Å². The molecule has 1 aromatic carbocycles. The Balaban J connectivity index is 3.07. The fourth-order valence-electron chi connectivity index (χ4n) is 1.46. The lowest BCUT2D eigenvalue weighted by atomic mass is 10.1. The summed E-state index contributed by atoms with van der Waals surface area (Å²) in [6.45, 7) is 1.56. The van der Waals surface area contributed by atoms with Crippen molar-refractivity contribution in [3.05, 3.63) is 29.3 Å². The summed E-state index contributed by atoms with van der Waals surface area (Å²) >= 11 is -2.20. The second kappa shape index (κ2) is 5.83. The van der Waals surface area contributed by atoms with Gasteiger partial charge < -0.3 is 9.45 Å². The van der Waals surface area contributed by atoms with Crippen LogP contribution in [0.15, 0.2) is 23.1 Å². The van der Waals surface area contributed by atoms with Crippen LogP contribution in [0.2, 0.25) is 0 Å². The molecule has 0 saturated heterocycles. The van der Waals surface area contributed by atoms with Crippen LogP contribution in [0.5, 0.6) is 0 Å². The van der Waals surface area contributed by atoms with E-state index in [-0.39, 0.29) is 16.4 Å². The van der Waals surface area contributed by atoms with Crippen molar-refractivity contribution in [1.29, 1.82) is 0 Å². The monoisotopic (exact) mass is 293 g/mol. The largest absolute Gasteiger partial charge is 0.611 e. The number of alkyl halides is 3. The Labute approximate surface area is 112 Å². The van der Waals surface area contributed by atoms with Crippen LogP contribution >= 0.6 is 0 Å². The second-order valence-electron chi connectivity index (χ2n) is 4.28. The molecule has 106 valence electrons. The maximum Gasteiger partial charge on any atom is 0.433 e. The number of hydrogen-bond donors (Lipinski definition) is 0. The van der Waals surface area contributed by atoms with Crippen LogP contribution < -0.4 is 0 Å². The van der Waals surface area contributed by atoms with Crippen LogP contribution in [0.3, 0.4) is 0 Å². The van der Waals surface area contributed by atoms with E-state index in [4.69, 9.17) is 0 Å². The third kappa shape index (κ3) is 4.43. The first-order valence-electron chi connectivity index (χ1n) is 5.39. The van der Waals surface area contributed by atoms with Gasteiger partial charge >= 0.3 is 6.18 Å². The predicted molar refractivity (Wildman–Crippen MR) is 66.5 cm³/mol.